The number of rotatable bonds is 3. The van der Waals surface area contributed by atoms with Crippen LogP contribution in [0, 0.1) is 11.3 Å². The van der Waals surface area contributed by atoms with Crippen molar-refractivity contribution in [3.8, 4) is 6.07 Å². The lowest BCUT2D eigenvalue weighted by Crippen LogP contribution is -2.12. The molecule has 1 aromatic carbocycles. The minimum absolute atomic E-state index is 0.0306. The van der Waals surface area contributed by atoms with Crippen LogP contribution in [0.4, 0.5) is 0 Å². The van der Waals surface area contributed by atoms with Crippen molar-refractivity contribution >= 4 is 33.3 Å². The number of hydrogen-bond donors (Lipinski definition) is 0. The molecule has 15 heavy (non-hydrogen) atoms. The summed E-state index contributed by atoms with van der Waals surface area (Å²) >= 11 is 9.02. The van der Waals surface area contributed by atoms with Gasteiger partial charge in [0.1, 0.15) is 0 Å². The lowest BCUT2D eigenvalue weighted by Gasteiger charge is -2.07. The summed E-state index contributed by atoms with van der Waals surface area (Å²) in [5.41, 5.74) is 1.24. The summed E-state index contributed by atoms with van der Waals surface area (Å²) in [7, 11) is 0. The van der Waals surface area contributed by atoms with Gasteiger partial charge in [0.15, 0.2) is 5.78 Å². The van der Waals surface area contributed by atoms with E-state index >= 15 is 0 Å². The van der Waals surface area contributed by atoms with E-state index in [9.17, 15) is 4.79 Å². The van der Waals surface area contributed by atoms with Gasteiger partial charge >= 0.3 is 0 Å². The zero-order valence-electron chi connectivity index (χ0n) is 8.13. The molecule has 4 heteroatoms. The van der Waals surface area contributed by atoms with Crippen molar-refractivity contribution in [2.24, 2.45) is 0 Å². The number of alkyl halides is 1. The summed E-state index contributed by atoms with van der Waals surface area (Å²) in [4.78, 5) is 11.5. The molecule has 0 aliphatic carbocycles. The van der Waals surface area contributed by atoms with E-state index in [1.165, 1.54) is 0 Å². The first-order chi connectivity index (χ1) is 7.06. The number of halogens is 2. The maximum absolute atomic E-state index is 11.8. The van der Waals surface area contributed by atoms with Crippen LogP contribution in [0.25, 0.3) is 0 Å². The van der Waals surface area contributed by atoms with Gasteiger partial charge in [-0.05, 0) is 30.7 Å². The molecule has 2 nitrogen and oxygen atoms in total. The molecule has 0 aliphatic rings. The van der Waals surface area contributed by atoms with Gasteiger partial charge in [-0.3, -0.25) is 4.79 Å². The number of nitriles is 1. The molecule has 0 aromatic heterocycles. The van der Waals surface area contributed by atoms with E-state index in [2.05, 4.69) is 15.9 Å². The first-order valence-electron chi connectivity index (χ1n) is 4.40. The van der Waals surface area contributed by atoms with Crippen molar-refractivity contribution in [2.75, 3.05) is 0 Å². The molecule has 0 bridgehead atoms. The maximum atomic E-state index is 11.8. The standard InChI is InChI=1S/C11H9BrClNO/c1-7(12)11(15)10-3-2-9(13)6-8(10)4-5-14/h2-3,6-7H,4H2,1H3. The topological polar surface area (TPSA) is 40.9 Å². The molecule has 1 aromatic rings. The summed E-state index contributed by atoms with van der Waals surface area (Å²) in [6.45, 7) is 1.76. The molecule has 1 rings (SSSR count). The highest BCUT2D eigenvalue weighted by atomic mass is 79.9. The van der Waals surface area contributed by atoms with Crippen LogP contribution >= 0.6 is 27.5 Å². The van der Waals surface area contributed by atoms with Crippen molar-refractivity contribution in [3.63, 3.8) is 0 Å². The molecule has 0 saturated carbocycles. The molecule has 0 spiro atoms. The van der Waals surface area contributed by atoms with Gasteiger partial charge < -0.3 is 0 Å². The van der Waals surface area contributed by atoms with Gasteiger partial charge in [0.2, 0.25) is 0 Å². The molecule has 0 amide bonds. The highest BCUT2D eigenvalue weighted by molar-refractivity contribution is 9.10. The third kappa shape index (κ3) is 3.05. The Morgan fingerprint density at radius 1 is 1.67 bits per heavy atom. The second kappa shape index (κ2) is 5.29. The highest BCUT2D eigenvalue weighted by Crippen LogP contribution is 2.19. The van der Waals surface area contributed by atoms with Crippen LogP contribution in [0.2, 0.25) is 5.02 Å². The molecule has 0 radical (unpaired) electrons. The van der Waals surface area contributed by atoms with E-state index in [1.54, 1.807) is 25.1 Å². The first-order valence-corrected chi connectivity index (χ1v) is 5.69. The predicted octanol–water partition coefficient (Wildman–Crippen LogP) is 3.37. The van der Waals surface area contributed by atoms with E-state index in [1.807, 2.05) is 6.07 Å². The van der Waals surface area contributed by atoms with Crippen LogP contribution < -0.4 is 0 Å². The van der Waals surface area contributed by atoms with Gasteiger partial charge in [-0.1, -0.05) is 27.5 Å². The van der Waals surface area contributed by atoms with Crippen molar-refractivity contribution in [1.29, 1.82) is 5.26 Å². The lowest BCUT2D eigenvalue weighted by molar-refractivity contribution is 0.0995. The van der Waals surface area contributed by atoms with Crippen LogP contribution in [0.1, 0.15) is 22.8 Å². The highest BCUT2D eigenvalue weighted by Gasteiger charge is 2.15. The van der Waals surface area contributed by atoms with E-state index in [-0.39, 0.29) is 17.0 Å². The number of carbonyl (C=O) groups excluding carboxylic acids is 1. The van der Waals surface area contributed by atoms with Crippen molar-refractivity contribution in [1.82, 2.24) is 0 Å². The van der Waals surface area contributed by atoms with Crippen LogP contribution in [0.5, 0.6) is 0 Å². The van der Waals surface area contributed by atoms with Gasteiger partial charge in [0, 0.05) is 10.6 Å². The zero-order valence-corrected chi connectivity index (χ0v) is 10.5. The van der Waals surface area contributed by atoms with Crippen molar-refractivity contribution in [2.45, 2.75) is 18.2 Å². The minimum atomic E-state index is -0.254. The van der Waals surface area contributed by atoms with Crippen molar-refractivity contribution < 1.29 is 4.79 Å². The van der Waals surface area contributed by atoms with E-state index in [0.29, 0.717) is 16.1 Å². The Morgan fingerprint density at radius 3 is 2.87 bits per heavy atom. The van der Waals surface area contributed by atoms with Gasteiger partial charge in [-0.25, -0.2) is 0 Å². The van der Waals surface area contributed by atoms with E-state index < -0.39 is 0 Å². The number of nitrogens with zero attached hydrogens (tertiary/aromatic N) is 1. The van der Waals surface area contributed by atoms with Gasteiger partial charge in [0.05, 0.1) is 17.3 Å². The Morgan fingerprint density at radius 2 is 2.33 bits per heavy atom. The lowest BCUT2D eigenvalue weighted by atomic mass is 10.0. The molecule has 0 saturated heterocycles. The molecule has 0 N–H and O–H groups in total. The molecule has 0 heterocycles. The third-order valence-corrected chi connectivity index (χ3v) is 2.61. The Hall–Kier alpha value is -0.850. The molecule has 1 atom stereocenters. The molecule has 78 valence electrons. The summed E-state index contributed by atoms with van der Waals surface area (Å²) in [6.07, 6.45) is 0.196. The minimum Gasteiger partial charge on any atom is -0.293 e. The maximum Gasteiger partial charge on any atom is 0.176 e. The summed E-state index contributed by atoms with van der Waals surface area (Å²) in [5, 5.41) is 9.18. The Kier molecular flexibility index (Phi) is 4.31. The van der Waals surface area contributed by atoms with E-state index in [4.69, 9.17) is 16.9 Å². The normalized spacial score (nSPS) is 11.9. The number of hydrogen-bond acceptors (Lipinski definition) is 2. The van der Waals surface area contributed by atoms with Crippen LogP contribution in [0.3, 0.4) is 0 Å². The Bertz CT molecular complexity index is 423. The second-order valence-corrected chi connectivity index (χ2v) is 4.93. The fourth-order valence-corrected chi connectivity index (χ4v) is 1.69. The quantitative estimate of drug-likeness (QED) is 0.631. The van der Waals surface area contributed by atoms with Crippen LogP contribution in [0.15, 0.2) is 18.2 Å². The first kappa shape index (κ1) is 12.2. The average molecular weight is 287 g/mol. The van der Waals surface area contributed by atoms with Gasteiger partial charge in [-0.2, -0.15) is 5.26 Å². The fourth-order valence-electron chi connectivity index (χ4n) is 1.25. The number of Topliss-reactive ketones (excluding diaryl/α,β-unsaturated/α-hetero) is 1. The fraction of sp³-hybridized carbons (Fsp3) is 0.273. The number of ketones is 1. The SMILES string of the molecule is CC(Br)C(=O)c1ccc(Cl)cc1CC#N. The number of benzene rings is 1. The van der Waals surface area contributed by atoms with Crippen LogP contribution in [-0.4, -0.2) is 10.6 Å². The monoisotopic (exact) mass is 285 g/mol. The Labute approximate surface area is 102 Å². The van der Waals surface area contributed by atoms with Crippen LogP contribution in [-0.2, 0) is 6.42 Å². The molecule has 0 fully saturated rings. The molecular weight excluding hydrogens is 277 g/mol. The van der Waals surface area contributed by atoms with E-state index in [0.717, 1.165) is 0 Å². The average Bonchev–Trinajstić information content (AvgIpc) is 2.17. The third-order valence-electron chi connectivity index (χ3n) is 1.96. The summed E-state index contributed by atoms with van der Waals surface area (Å²) < 4.78 is 0. The van der Waals surface area contributed by atoms with Gasteiger partial charge in [-0.15, -0.1) is 0 Å². The second-order valence-electron chi connectivity index (χ2n) is 3.12. The smallest absolute Gasteiger partial charge is 0.176 e. The van der Waals surface area contributed by atoms with Crippen molar-refractivity contribution in [3.05, 3.63) is 34.3 Å². The summed E-state index contributed by atoms with van der Waals surface area (Å²) in [5.74, 6) is -0.0306. The van der Waals surface area contributed by atoms with Gasteiger partial charge in [0.25, 0.3) is 0 Å². The zero-order chi connectivity index (χ0) is 11.4. The molecule has 0 aliphatic heterocycles. The predicted molar refractivity (Wildman–Crippen MR) is 63.5 cm³/mol. The number of carbonyl (C=O) groups is 1. The summed E-state index contributed by atoms with van der Waals surface area (Å²) in [6, 6.07) is 7.00. The Balaban J connectivity index is 3.17. The molecular formula is C11H9BrClNO. The largest absolute Gasteiger partial charge is 0.293 e. The molecule has 1 unspecified atom stereocenters.